The number of anilines is 1. The van der Waals surface area contributed by atoms with E-state index in [4.69, 9.17) is 17.3 Å². The normalized spacial score (nSPS) is 11.0. The molecule has 90 valence electrons. The van der Waals surface area contributed by atoms with Gasteiger partial charge in [0.2, 0.25) is 0 Å². The van der Waals surface area contributed by atoms with Gasteiger partial charge in [0.15, 0.2) is 11.5 Å². The molecule has 3 rings (SSSR count). The van der Waals surface area contributed by atoms with E-state index in [0.717, 1.165) is 10.0 Å². The third-order valence-electron chi connectivity index (χ3n) is 2.51. The summed E-state index contributed by atoms with van der Waals surface area (Å²) in [5.41, 5.74) is 7.93. The zero-order valence-corrected chi connectivity index (χ0v) is 11.5. The minimum Gasteiger partial charge on any atom is -0.396 e. The van der Waals surface area contributed by atoms with Crippen molar-refractivity contribution in [2.75, 3.05) is 5.73 Å². The number of hydrogen-bond acceptors (Lipinski definition) is 3. The molecule has 2 heterocycles. The smallest absolute Gasteiger partial charge is 0.182 e. The first-order chi connectivity index (χ1) is 8.63. The minimum atomic E-state index is 0.594. The highest BCUT2D eigenvalue weighted by molar-refractivity contribution is 9.10. The first-order valence-electron chi connectivity index (χ1n) is 5.21. The molecule has 2 N–H and O–H groups in total. The molecular weight excluding hydrogens is 316 g/mol. The molecule has 0 bridgehead atoms. The molecule has 0 radical (unpaired) electrons. The molecule has 0 saturated heterocycles. The number of pyridine rings is 1. The lowest BCUT2D eigenvalue weighted by molar-refractivity contribution is 0.967. The van der Waals surface area contributed by atoms with Crippen LogP contribution in [0.5, 0.6) is 0 Å². The van der Waals surface area contributed by atoms with Gasteiger partial charge in [-0.05, 0) is 30.3 Å². The van der Waals surface area contributed by atoms with Crippen LogP contribution >= 0.6 is 27.5 Å². The van der Waals surface area contributed by atoms with Crippen LogP contribution in [0.25, 0.3) is 17.0 Å². The molecule has 4 nitrogen and oxygen atoms in total. The van der Waals surface area contributed by atoms with Gasteiger partial charge >= 0.3 is 0 Å². The van der Waals surface area contributed by atoms with E-state index in [9.17, 15) is 0 Å². The lowest BCUT2D eigenvalue weighted by atomic mass is 10.2. The summed E-state index contributed by atoms with van der Waals surface area (Å²) < 4.78 is 2.54. The van der Waals surface area contributed by atoms with Crippen molar-refractivity contribution in [3.63, 3.8) is 0 Å². The molecule has 0 unspecified atom stereocenters. The van der Waals surface area contributed by atoms with Gasteiger partial charge in [-0.3, -0.25) is 0 Å². The molecule has 2 aromatic heterocycles. The number of nitrogens with two attached hydrogens (primary N) is 1. The minimum absolute atomic E-state index is 0.594. The van der Waals surface area contributed by atoms with Crippen molar-refractivity contribution in [2.45, 2.75) is 0 Å². The number of nitrogens with zero attached hydrogens (tertiary/aromatic N) is 3. The zero-order chi connectivity index (χ0) is 12.7. The van der Waals surface area contributed by atoms with Gasteiger partial charge in [-0.2, -0.15) is 0 Å². The summed E-state index contributed by atoms with van der Waals surface area (Å²) in [7, 11) is 0. The quantitative estimate of drug-likeness (QED) is 0.747. The summed E-state index contributed by atoms with van der Waals surface area (Å²) in [6, 6.07) is 9.17. The predicted octanol–water partition coefficient (Wildman–Crippen LogP) is 3.39. The fourth-order valence-corrected chi connectivity index (χ4v) is 2.59. The van der Waals surface area contributed by atoms with Crippen molar-refractivity contribution in [3.05, 3.63) is 46.0 Å². The highest BCUT2D eigenvalue weighted by Crippen LogP contribution is 2.26. The van der Waals surface area contributed by atoms with Crippen LogP contribution < -0.4 is 5.73 Å². The lowest BCUT2D eigenvalue weighted by Crippen LogP contribution is -1.92. The summed E-state index contributed by atoms with van der Waals surface area (Å²) in [4.78, 5) is 4.41. The SMILES string of the molecule is Nc1cccn2nc(-c3cc(Cl)cc(Br)c3)nc12. The molecule has 0 amide bonds. The maximum Gasteiger partial charge on any atom is 0.182 e. The number of nitrogen functional groups attached to an aromatic ring is 1. The summed E-state index contributed by atoms with van der Waals surface area (Å²) in [6.45, 7) is 0. The van der Waals surface area contributed by atoms with Crippen molar-refractivity contribution in [1.82, 2.24) is 14.6 Å². The fraction of sp³-hybridized carbons (Fsp3) is 0. The van der Waals surface area contributed by atoms with E-state index in [0.29, 0.717) is 22.2 Å². The monoisotopic (exact) mass is 322 g/mol. The maximum absolute atomic E-state index is 6.01. The second-order valence-electron chi connectivity index (χ2n) is 3.83. The summed E-state index contributed by atoms with van der Waals surface area (Å²) >= 11 is 9.41. The van der Waals surface area contributed by atoms with Gasteiger partial charge in [0, 0.05) is 21.3 Å². The van der Waals surface area contributed by atoms with Crippen molar-refractivity contribution in [2.24, 2.45) is 0 Å². The molecule has 0 aliphatic rings. The van der Waals surface area contributed by atoms with Crippen LogP contribution in [0.2, 0.25) is 5.02 Å². The molecule has 0 saturated carbocycles. The molecule has 3 aromatic rings. The van der Waals surface area contributed by atoms with Gasteiger partial charge in [0.25, 0.3) is 0 Å². The Morgan fingerprint density at radius 1 is 1.28 bits per heavy atom. The lowest BCUT2D eigenvalue weighted by Gasteiger charge is -1.97. The molecule has 0 fully saturated rings. The standard InChI is InChI=1S/C12H8BrClN4/c13-8-4-7(5-9(14)6-8)11-16-12-10(15)2-1-3-18(12)17-11/h1-6H,15H2. The Kier molecular flexibility index (Phi) is 2.72. The molecule has 0 spiro atoms. The van der Waals surface area contributed by atoms with Crippen molar-refractivity contribution in [3.8, 4) is 11.4 Å². The van der Waals surface area contributed by atoms with Crippen molar-refractivity contribution in [1.29, 1.82) is 0 Å². The first kappa shape index (κ1) is 11.5. The van der Waals surface area contributed by atoms with Gasteiger partial charge in [-0.25, -0.2) is 9.50 Å². The van der Waals surface area contributed by atoms with E-state index >= 15 is 0 Å². The van der Waals surface area contributed by atoms with E-state index in [1.54, 1.807) is 10.6 Å². The first-order valence-corrected chi connectivity index (χ1v) is 6.38. The topological polar surface area (TPSA) is 56.2 Å². The molecule has 6 heteroatoms. The van der Waals surface area contributed by atoms with Gasteiger partial charge < -0.3 is 5.73 Å². The van der Waals surface area contributed by atoms with Crippen molar-refractivity contribution >= 4 is 38.9 Å². The molecule has 0 aliphatic carbocycles. The highest BCUT2D eigenvalue weighted by atomic mass is 79.9. The van der Waals surface area contributed by atoms with E-state index in [2.05, 4.69) is 26.0 Å². The average Bonchev–Trinajstić information content (AvgIpc) is 2.73. The third-order valence-corrected chi connectivity index (χ3v) is 3.19. The van der Waals surface area contributed by atoms with E-state index in [1.807, 2.05) is 30.5 Å². The predicted molar refractivity (Wildman–Crippen MR) is 75.5 cm³/mol. The molecule has 0 atom stereocenters. The highest BCUT2D eigenvalue weighted by Gasteiger charge is 2.09. The van der Waals surface area contributed by atoms with Gasteiger partial charge in [-0.1, -0.05) is 27.5 Å². The Hall–Kier alpha value is -1.59. The van der Waals surface area contributed by atoms with E-state index in [1.165, 1.54) is 0 Å². The molecule has 18 heavy (non-hydrogen) atoms. The molecule has 1 aromatic carbocycles. The number of fused-ring (bicyclic) bond motifs is 1. The zero-order valence-electron chi connectivity index (χ0n) is 9.14. The summed E-state index contributed by atoms with van der Waals surface area (Å²) in [5, 5.41) is 5.00. The second-order valence-corrected chi connectivity index (χ2v) is 5.18. The van der Waals surface area contributed by atoms with Crippen LogP contribution in [0.4, 0.5) is 5.69 Å². The van der Waals surface area contributed by atoms with Crippen LogP contribution in [-0.2, 0) is 0 Å². The summed E-state index contributed by atoms with van der Waals surface area (Å²) in [6.07, 6.45) is 1.81. The van der Waals surface area contributed by atoms with Gasteiger partial charge in [0.1, 0.15) is 0 Å². The Bertz CT molecular complexity index is 718. The van der Waals surface area contributed by atoms with E-state index < -0.39 is 0 Å². The maximum atomic E-state index is 6.01. The summed E-state index contributed by atoms with van der Waals surface area (Å²) in [5.74, 6) is 0.594. The largest absolute Gasteiger partial charge is 0.396 e. The Balaban J connectivity index is 2.22. The fourth-order valence-electron chi connectivity index (χ4n) is 1.73. The Morgan fingerprint density at radius 2 is 2.11 bits per heavy atom. The number of hydrogen-bond donors (Lipinski definition) is 1. The van der Waals surface area contributed by atoms with Crippen LogP contribution in [0.1, 0.15) is 0 Å². The number of aromatic nitrogens is 3. The molecule has 0 aliphatic heterocycles. The van der Waals surface area contributed by atoms with E-state index in [-0.39, 0.29) is 0 Å². The third kappa shape index (κ3) is 1.95. The Morgan fingerprint density at radius 3 is 2.83 bits per heavy atom. The van der Waals surface area contributed by atoms with Crippen LogP contribution in [0.15, 0.2) is 41.0 Å². The van der Waals surface area contributed by atoms with Crippen LogP contribution in [0.3, 0.4) is 0 Å². The number of halogens is 2. The number of rotatable bonds is 1. The molecular formula is C12H8BrClN4. The van der Waals surface area contributed by atoms with Crippen LogP contribution in [-0.4, -0.2) is 14.6 Å². The van der Waals surface area contributed by atoms with Gasteiger partial charge in [-0.15, -0.1) is 5.10 Å². The van der Waals surface area contributed by atoms with Gasteiger partial charge in [0.05, 0.1) is 5.69 Å². The number of benzene rings is 1. The average molecular weight is 324 g/mol. The Labute approximate surface area is 117 Å². The van der Waals surface area contributed by atoms with Crippen LogP contribution in [0, 0.1) is 0 Å². The second kappa shape index (κ2) is 4.26. The van der Waals surface area contributed by atoms with Crippen molar-refractivity contribution < 1.29 is 0 Å².